The molecule has 0 radical (unpaired) electrons. The molecule has 0 aromatic carbocycles. The van der Waals surface area contributed by atoms with Crippen molar-refractivity contribution in [2.75, 3.05) is 0 Å². The highest BCUT2D eigenvalue weighted by molar-refractivity contribution is 8.08. The summed E-state index contributed by atoms with van der Waals surface area (Å²) < 4.78 is 2.56. The summed E-state index contributed by atoms with van der Waals surface area (Å²) in [6.45, 7) is 2.29. The van der Waals surface area contributed by atoms with Crippen LogP contribution in [0.1, 0.15) is 76.0 Å². The van der Waals surface area contributed by atoms with Crippen molar-refractivity contribution in [1.82, 2.24) is 0 Å². The molecule has 0 bridgehead atoms. The molecule has 0 saturated carbocycles. The van der Waals surface area contributed by atoms with E-state index in [2.05, 4.69) is 36.6 Å². The Morgan fingerprint density at radius 2 is 1.29 bits per heavy atom. The fourth-order valence-corrected chi connectivity index (χ4v) is 13.5. The summed E-state index contributed by atoms with van der Waals surface area (Å²) in [5.41, 5.74) is 0. The third-order valence-corrected chi connectivity index (χ3v) is 15.2. The molecule has 0 N–H and O–H groups in total. The van der Waals surface area contributed by atoms with Gasteiger partial charge in [0.15, 0.2) is 0 Å². The van der Waals surface area contributed by atoms with Crippen LogP contribution in [-0.2, 0) is 6.42 Å². The highest BCUT2D eigenvalue weighted by Crippen LogP contribution is 2.61. The number of unbranched alkanes of at least 4 members (excludes halogenated alkanes) is 9. The van der Waals surface area contributed by atoms with E-state index in [-0.39, 0.29) is 4.06 Å². The maximum atomic E-state index is 12.1. The normalized spacial score (nSPS) is 12.7. The summed E-state index contributed by atoms with van der Waals surface area (Å²) >= 11 is 12.2. The van der Waals surface area contributed by atoms with Gasteiger partial charge in [0, 0.05) is 24.4 Å². The number of hydrogen-bond acceptors (Lipinski definition) is 8. The number of hydrogen-bond donors (Lipinski definition) is 0. The molecule has 8 heteroatoms. The Kier molecular flexibility index (Phi) is 9.71. The van der Waals surface area contributed by atoms with Gasteiger partial charge in [-0.2, -0.15) is 0 Å². The molecule has 4 aromatic rings. The first-order chi connectivity index (χ1) is 17.2. The molecule has 186 valence electrons. The van der Waals surface area contributed by atoms with Crippen molar-refractivity contribution in [2.24, 2.45) is 0 Å². The van der Waals surface area contributed by atoms with E-state index >= 15 is 0 Å². The van der Waals surface area contributed by atoms with Crippen LogP contribution in [0, 0.1) is 0 Å². The standard InChI is InChI=1S/C27H30OS7/c1-2-3-4-5-6-7-8-9-10-11-13-18-15-16-20(30-18)22-24-23(21(31-22)19-14-12-17-29-19)32-25-26(33-24)35-27(28)34-25/h12,14-17H,2-11,13H2,1H3. The Hall–Kier alpha value is -0.350. The lowest BCUT2D eigenvalue weighted by Crippen LogP contribution is -1.84. The molecule has 0 aliphatic carbocycles. The van der Waals surface area contributed by atoms with Gasteiger partial charge in [0.1, 0.15) is 0 Å². The molecule has 5 heterocycles. The molecule has 0 unspecified atom stereocenters. The second-order valence-electron chi connectivity index (χ2n) is 8.83. The average Bonchev–Trinajstić information content (AvgIpc) is 3.64. The molecule has 4 aromatic heterocycles. The third-order valence-electron chi connectivity index (χ3n) is 6.14. The maximum Gasteiger partial charge on any atom is 0.289 e. The molecular formula is C27H30OS7. The highest BCUT2D eigenvalue weighted by Gasteiger charge is 2.30. The van der Waals surface area contributed by atoms with Gasteiger partial charge in [0.25, 0.3) is 4.06 Å². The van der Waals surface area contributed by atoms with E-state index in [1.165, 1.54) is 136 Å². The van der Waals surface area contributed by atoms with E-state index in [0.29, 0.717) is 0 Å². The van der Waals surface area contributed by atoms with Crippen LogP contribution in [0.15, 0.2) is 52.6 Å². The highest BCUT2D eigenvalue weighted by atomic mass is 32.2. The monoisotopic (exact) mass is 594 g/mol. The van der Waals surface area contributed by atoms with E-state index in [9.17, 15) is 4.79 Å². The first-order valence-electron chi connectivity index (χ1n) is 12.5. The van der Waals surface area contributed by atoms with Gasteiger partial charge in [-0.15, -0.1) is 34.0 Å². The zero-order valence-corrected chi connectivity index (χ0v) is 25.6. The molecule has 0 amide bonds. The number of fused-ring (bicyclic) bond motifs is 2. The van der Waals surface area contributed by atoms with Crippen LogP contribution in [0.3, 0.4) is 0 Å². The van der Waals surface area contributed by atoms with Crippen molar-refractivity contribution >= 4 is 80.2 Å². The molecule has 35 heavy (non-hydrogen) atoms. The second kappa shape index (κ2) is 12.9. The fraction of sp³-hybridized carbons (Fsp3) is 0.444. The SMILES string of the molecule is CCCCCCCCCCCCc1ccc(-c2sc(-c3cccs3)c3c2Sc2sc(=O)sc2S3)s1. The Morgan fingerprint density at radius 1 is 0.657 bits per heavy atom. The van der Waals surface area contributed by atoms with Crippen LogP contribution in [0.25, 0.3) is 19.5 Å². The van der Waals surface area contributed by atoms with Gasteiger partial charge in [0.2, 0.25) is 0 Å². The lowest BCUT2D eigenvalue weighted by atomic mass is 10.1. The summed E-state index contributed by atoms with van der Waals surface area (Å²) in [5.74, 6) is 0. The molecule has 0 fully saturated rings. The van der Waals surface area contributed by atoms with Crippen molar-refractivity contribution in [3.05, 3.63) is 43.4 Å². The number of thiophene rings is 3. The Labute approximate surface area is 237 Å². The maximum absolute atomic E-state index is 12.1. The molecule has 0 saturated heterocycles. The van der Waals surface area contributed by atoms with Crippen molar-refractivity contribution in [2.45, 2.75) is 95.8 Å². The summed E-state index contributed by atoms with van der Waals surface area (Å²) in [6.07, 6.45) is 15.1. The summed E-state index contributed by atoms with van der Waals surface area (Å²) in [7, 11) is 0. The Balaban J connectivity index is 1.21. The first-order valence-corrected chi connectivity index (χ1v) is 18.3. The van der Waals surface area contributed by atoms with E-state index in [1.807, 2.05) is 57.5 Å². The quantitative estimate of drug-likeness (QED) is 0.126. The van der Waals surface area contributed by atoms with Crippen LogP contribution >= 0.6 is 80.2 Å². The van der Waals surface area contributed by atoms with Crippen LogP contribution in [0.2, 0.25) is 0 Å². The van der Waals surface area contributed by atoms with Crippen LogP contribution in [-0.4, -0.2) is 0 Å². The Bertz CT molecular complexity index is 1270. The van der Waals surface area contributed by atoms with Crippen LogP contribution in [0.4, 0.5) is 0 Å². The molecule has 5 rings (SSSR count). The summed E-state index contributed by atoms with van der Waals surface area (Å²) in [5, 5.41) is 2.16. The lowest BCUT2D eigenvalue weighted by Gasteiger charge is -2.12. The van der Waals surface area contributed by atoms with E-state index in [1.54, 1.807) is 0 Å². The van der Waals surface area contributed by atoms with E-state index < -0.39 is 0 Å². The van der Waals surface area contributed by atoms with Gasteiger partial charge >= 0.3 is 0 Å². The fourth-order valence-electron chi connectivity index (χ4n) is 4.31. The first kappa shape index (κ1) is 26.3. The smallest absolute Gasteiger partial charge is 0.265 e. The molecule has 1 aliphatic heterocycles. The van der Waals surface area contributed by atoms with Crippen molar-refractivity contribution in [3.8, 4) is 19.5 Å². The van der Waals surface area contributed by atoms with Gasteiger partial charge in [0.05, 0.1) is 18.2 Å². The van der Waals surface area contributed by atoms with E-state index in [0.717, 1.165) is 0 Å². The minimum Gasteiger partial charge on any atom is -0.265 e. The topological polar surface area (TPSA) is 17.1 Å². The lowest BCUT2D eigenvalue weighted by molar-refractivity contribution is 0.557. The van der Waals surface area contributed by atoms with Crippen LogP contribution < -0.4 is 4.06 Å². The van der Waals surface area contributed by atoms with Gasteiger partial charge in [-0.05, 0) is 36.4 Å². The summed E-state index contributed by atoms with van der Waals surface area (Å²) in [4.78, 5) is 21.7. The second-order valence-corrected chi connectivity index (χ2v) is 16.7. The van der Waals surface area contributed by atoms with E-state index in [4.69, 9.17) is 0 Å². The Morgan fingerprint density at radius 3 is 1.91 bits per heavy atom. The minimum absolute atomic E-state index is 0.206. The van der Waals surface area contributed by atoms with Crippen LogP contribution in [0.5, 0.6) is 0 Å². The predicted octanol–water partition coefficient (Wildman–Crippen LogP) is 11.8. The zero-order valence-electron chi connectivity index (χ0n) is 19.9. The van der Waals surface area contributed by atoms with Gasteiger partial charge in [-0.1, -0.05) is 117 Å². The molecule has 0 atom stereocenters. The molecule has 1 nitrogen and oxygen atoms in total. The number of rotatable bonds is 13. The van der Waals surface area contributed by atoms with Crippen molar-refractivity contribution < 1.29 is 0 Å². The largest absolute Gasteiger partial charge is 0.289 e. The van der Waals surface area contributed by atoms with Crippen molar-refractivity contribution in [3.63, 3.8) is 0 Å². The van der Waals surface area contributed by atoms with Gasteiger partial charge in [-0.3, -0.25) is 4.79 Å². The van der Waals surface area contributed by atoms with Gasteiger partial charge < -0.3 is 0 Å². The van der Waals surface area contributed by atoms with Gasteiger partial charge in [-0.25, -0.2) is 0 Å². The predicted molar refractivity (Wildman–Crippen MR) is 163 cm³/mol. The van der Waals surface area contributed by atoms with Crippen molar-refractivity contribution in [1.29, 1.82) is 0 Å². The summed E-state index contributed by atoms with van der Waals surface area (Å²) in [6, 6.07) is 9.04. The minimum atomic E-state index is 0.206. The molecule has 0 spiro atoms. The molecule has 1 aliphatic rings. The number of aryl methyl sites for hydroxylation is 1. The molecular weight excluding hydrogens is 565 g/mol. The zero-order chi connectivity index (χ0) is 24.0. The average molecular weight is 595 g/mol. The third kappa shape index (κ3) is 6.57.